The lowest BCUT2D eigenvalue weighted by atomic mass is 9.96. The second-order valence-electron chi connectivity index (χ2n) is 6.61. The number of aromatic nitrogens is 4. The smallest absolute Gasteiger partial charge is 0.234 e. The Morgan fingerprint density at radius 2 is 2.14 bits per heavy atom. The van der Waals surface area contributed by atoms with Gasteiger partial charge >= 0.3 is 0 Å². The molecule has 6 nitrogen and oxygen atoms in total. The normalized spacial score (nSPS) is 23.2. The molecule has 0 saturated carbocycles. The van der Waals surface area contributed by atoms with Crippen molar-refractivity contribution in [2.75, 3.05) is 19.8 Å². The minimum absolute atomic E-state index is 0.0587. The van der Waals surface area contributed by atoms with Crippen LogP contribution in [0.5, 0.6) is 0 Å². The largest absolute Gasteiger partial charge is 0.379 e. The SMILES string of the molecule is CCCNC1COCC1c1nn2c(C(C)(C)C)nnc2s1. The van der Waals surface area contributed by atoms with E-state index in [9.17, 15) is 0 Å². The van der Waals surface area contributed by atoms with Crippen molar-refractivity contribution in [3.05, 3.63) is 10.8 Å². The molecule has 0 aromatic carbocycles. The summed E-state index contributed by atoms with van der Waals surface area (Å²) < 4.78 is 7.55. The van der Waals surface area contributed by atoms with Crippen LogP contribution in [0.15, 0.2) is 0 Å². The highest BCUT2D eigenvalue weighted by molar-refractivity contribution is 7.16. The van der Waals surface area contributed by atoms with Gasteiger partial charge in [-0.25, -0.2) is 0 Å². The molecule has 1 aliphatic heterocycles. The van der Waals surface area contributed by atoms with E-state index in [1.807, 2.05) is 4.52 Å². The standard InChI is InChI=1S/C14H23N5OS/c1-5-6-15-10-8-20-7-9(10)11-18-19-12(14(2,3)4)16-17-13(19)21-11/h9-10,15H,5-8H2,1-4H3. The van der Waals surface area contributed by atoms with Gasteiger partial charge in [0.25, 0.3) is 0 Å². The van der Waals surface area contributed by atoms with E-state index in [0.29, 0.717) is 12.0 Å². The van der Waals surface area contributed by atoms with E-state index < -0.39 is 0 Å². The van der Waals surface area contributed by atoms with Gasteiger partial charge < -0.3 is 10.1 Å². The van der Waals surface area contributed by atoms with Crippen LogP contribution >= 0.6 is 11.3 Å². The van der Waals surface area contributed by atoms with Gasteiger partial charge in [-0.05, 0) is 13.0 Å². The van der Waals surface area contributed by atoms with Crippen LogP contribution in [0.4, 0.5) is 0 Å². The third-order valence-corrected chi connectivity index (χ3v) is 4.76. The molecule has 1 N–H and O–H groups in total. The quantitative estimate of drug-likeness (QED) is 0.935. The molecule has 3 rings (SSSR count). The first-order valence-corrected chi connectivity index (χ1v) is 8.36. The van der Waals surface area contributed by atoms with E-state index in [2.05, 4.69) is 43.2 Å². The van der Waals surface area contributed by atoms with Crippen LogP contribution in [-0.4, -0.2) is 45.6 Å². The van der Waals surface area contributed by atoms with E-state index in [-0.39, 0.29) is 5.41 Å². The molecular weight excluding hydrogens is 286 g/mol. The number of nitrogens with zero attached hydrogens (tertiary/aromatic N) is 4. The van der Waals surface area contributed by atoms with Gasteiger partial charge in [0.05, 0.1) is 19.1 Å². The summed E-state index contributed by atoms with van der Waals surface area (Å²) in [6, 6.07) is 0.354. The number of hydrogen-bond donors (Lipinski definition) is 1. The minimum Gasteiger partial charge on any atom is -0.379 e. The fourth-order valence-corrected chi connectivity index (χ4v) is 3.57. The average molecular weight is 309 g/mol. The zero-order chi connectivity index (χ0) is 15.0. The van der Waals surface area contributed by atoms with E-state index in [1.165, 1.54) is 0 Å². The summed E-state index contributed by atoms with van der Waals surface area (Å²) in [4.78, 5) is 0.871. The summed E-state index contributed by atoms with van der Waals surface area (Å²) in [5, 5.41) is 18.0. The first-order valence-electron chi connectivity index (χ1n) is 7.54. The fraction of sp³-hybridized carbons (Fsp3) is 0.786. The second-order valence-corrected chi connectivity index (χ2v) is 7.60. The molecule has 21 heavy (non-hydrogen) atoms. The highest BCUT2D eigenvalue weighted by Gasteiger charge is 2.33. The lowest BCUT2D eigenvalue weighted by Crippen LogP contribution is -2.34. The summed E-state index contributed by atoms with van der Waals surface area (Å²) in [7, 11) is 0. The molecular formula is C14H23N5OS. The minimum atomic E-state index is -0.0587. The number of rotatable bonds is 4. The van der Waals surface area contributed by atoms with Crippen molar-refractivity contribution < 1.29 is 4.74 Å². The van der Waals surface area contributed by atoms with Gasteiger partial charge in [0, 0.05) is 11.5 Å². The molecule has 0 radical (unpaired) electrons. The first kappa shape index (κ1) is 14.9. The molecule has 2 atom stereocenters. The van der Waals surface area contributed by atoms with Crippen molar-refractivity contribution in [2.24, 2.45) is 0 Å². The Morgan fingerprint density at radius 1 is 1.33 bits per heavy atom. The number of hydrogen-bond acceptors (Lipinski definition) is 6. The van der Waals surface area contributed by atoms with E-state index in [4.69, 9.17) is 9.84 Å². The average Bonchev–Trinajstić information content (AvgIpc) is 3.08. The molecule has 1 aliphatic rings. The van der Waals surface area contributed by atoms with Crippen LogP contribution in [0.25, 0.3) is 4.96 Å². The Bertz CT molecular complexity index is 614. The van der Waals surface area contributed by atoms with Gasteiger partial charge in [0.2, 0.25) is 4.96 Å². The summed E-state index contributed by atoms with van der Waals surface area (Å²) >= 11 is 1.63. The molecule has 116 valence electrons. The van der Waals surface area contributed by atoms with Gasteiger partial charge in [-0.1, -0.05) is 39.0 Å². The van der Waals surface area contributed by atoms with Crippen LogP contribution in [0.2, 0.25) is 0 Å². The fourth-order valence-electron chi connectivity index (χ4n) is 2.58. The maximum absolute atomic E-state index is 5.65. The van der Waals surface area contributed by atoms with E-state index in [0.717, 1.165) is 42.0 Å². The molecule has 0 amide bonds. The van der Waals surface area contributed by atoms with E-state index in [1.54, 1.807) is 11.3 Å². The third kappa shape index (κ3) is 2.82. The Morgan fingerprint density at radius 3 is 2.86 bits per heavy atom. The molecule has 2 unspecified atom stereocenters. The molecule has 3 heterocycles. The number of ether oxygens (including phenoxy) is 1. The Hall–Kier alpha value is -1.05. The Labute approximate surface area is 128 Å². The zero-order valence-corrected chi connectivity index (χ0v) is 13.9. The Balaban J connectivity index is 1.89. The first-order chi connectivity index (χ1) is 10.0. The summed E-state index contributed by atoms with van der Waals surface area (Å²) in [6.45, 7) is 11.1. The lowest BCUT2D eigenvalue weighted by Gasteiger charge is -2.16. The number of nitrogens with one attached hydrogen (secondary N) is 1. The summed E-state index contributed by atoms with van der Waals surface area (Å²) in [5.74, 6) is 1.23. The maximum atomic E-state index is 5.65. The third-order valence-electron chi connectivity index (χ3n) is 3.73. The van der Waals surface area contributed by atoms with Gasteiger partial charge in [0.15, 0.2) is 5.82 Å². The summed E-state index contributed by atoms with van der Waals surface area (Å²) in [6.07, 6.45) is 1.13. The van der Waals surface area contributed by atoms with Crippen molar-refractivity contribution in [3.8, 4) is 0 Å². The predicted molar refractivity (Wildman–Crippen MR) is 83.0 cm³/mol. The van der Waals surface area contributed by atoms with Crippen molar-refractivity contribution >= 4 is 16.3 Å². The zero-order valence-electron chi connectivity index (χ0n) is 13.1. The number of fused-ring (bicyclic) bond motifs is 1. The lowest BCUT2D eigenvalue weighted by molar-refractivity contribution is 0.187. The predicted octanol–water partition coefficient (Wildman–Crippen LogP) is 1.97. The van der Waals surface area contributed by atoms with Gasteiger partial charge in [-0.2, -0.15) is 9.61 Å². The van der Waals surface area contributed by atoms with Crippen LogP contribution in [0.3, 0.4) is 0 Å². The highest BCUT2D eigenvalue weighted by atomic mass is 32.1. The molecule has 1 fully saturated rings. The maximum Gasteiger partial charge on any atom is 0.234 e. The topological polar surface area (TPSA) is 64.3 Å². The molecule has 2 aromatic rings. The van der Waals surface area contributed by atoms with Crippen molar-refractivity contribution in [2.45, 2.75) is 51.5 Å². The molecule has 0 spiro atoms. The van der Waals surface area contributed by atoms with Gasteiger partial charge in [-0.3, -0.25) is 0 Å². The van der Waals surface area contributed by atoms with Crippen LogP contribution in [0.1, 0.15) is 50.9 Å². The van der Waals surface area contributed by atoms with Gasteiger partial charge in [-0.15, -0.1) is 10.2 Å². The van der Waals surface area contributed by atoms with Crippen LogP contribution in [-0.2, 0) is 10.2 Å². The van der Waals surface area contributed by atoms with Gasteiger partial charge in [0.1, 0.15) is 5.01 Å². The second kappa shape index (κ2) is 5.62. The molecule has 2 aromatic heterocycles. The van der Waals surface area contributed by atoms with Crippen LogP contribution < -0.4 is 5.32 Å². The Kier molecular flexibility index (Phi) is 3.98. The molecule has 0 aliphatic carbocycles. The molecule has 7 heteroatoms. The van der Waals surface area contributed by atoms with Crippen molar-refractivity contribution in [1.29, 1.82) is 0 Å². The van der Waals surface area contributed by atoms with Crippen molar-refractivity contribution in [3.63, 3.8) is 0 Å². The molecule has 1 saturated heterocycles. The van der Waals surface area contributed by atoms with E-state index >= 15 is 0 Å². The monoisotopic (exact) mass is 309 g/mol. The van der Waals surface area contributed by atoms with Crippen molar-refractivity contribution in [1.82, 2.24) is 25.1 Å². The molecule has 0 bridgehead atoms. The summed E-state index contributed by atoms with van der Waals surface area (Å²) in [5.41, 5.74) is -0.0587. The van der Waals surface area contributed by atoms with Crippen LogP contribution in [0, 0.1) is 0 Å². The highest BCUT2D eigenvalue weighted by Crippen LogP contribution is 2.31.